The summed E-state index contributed by atoms with van der Waals surface area (Å²) in [6.45, 7) is 0.556. The molecule has 1 rings (SSSR count). The largest absolute Gasteiger partial charge is 0.481 e. The monoisotopic (exact) mass is 257 g/mol. The third-order valence-corrected chi connectivity index (χ3v) is 3.43. The van der Waals surface area contributed by atoms with Crippen molar-refractivity contribution in [3.05, 3.63) is 0 Å². The highest BCUT2D eigenvalue weighted by Gasteiger charge is 2.30. The van der Waals surface area contributed by atoms with Gasteiger partial charge >= 0.3 is 5.97 Å². The number of carbonyl (C=O) groups is 2. The summed E-state index contributed by atoms with van der Waals surface area (Å²) >= 11 is 0. The molecule has 0 radical (unpaired) electrons. The summed E-state index contributed by atoms with van der Waals surface area (Å²) in [7, 11) is 1.60. The number of amides is 1. The van der Waals surface area contributed by atoms with Crippen molar-refractivity contribution in [2.75, 3.05) is 13.7 Å². The molecule has 0 bridgehead atoms. The predicted molar refractivity (Wildman–Crippen MR) is 67.3 cm³/mol. The summed E-state index contributed by atoms with van der Waals surface area (Å²) in [6.07, 6.45) is 5.49. The maximum absolute atomic E-state index is 11.7. The van der Waals surface area contributed by atoms with E-state index in [-0.39, 0.29) is 11.9 Å². The normalized spacial score (nSPS) is 24.3. The molecular weight excluding hydrogens is 234 g/mol. The van der Waals surface area contributed by atoms with Crippen LogP contribution in [-0.2, 0) is 14.3 Å². The molecule has 0 saturated heterocycles. The van der Waals surface area contributed by atoms with Crippen LogP contribution in [0, 0.1) is 5.92 Å². The fourth-order valence-corrected chi connectivity index (χ4v) is 2.43. The van der Waals surface area contributed by atoms with Crippen LogP contribution in [0.3, 0.4) is 0 Å². The van der Waals surface area contributed by atoms with Crippen LogP contribution >= 0.6 is 0 Å². The van der Waals surface area contributed by atoms with Crippen molar-refractivity contribution in [3.63, 3.8) is 0 Å². The van der Waals surface area contributed by atoms with Crippen LogP contribution in [0.5, 0.6) is 0 Å². The molecule has 0 aromatic rings. The second kappa shape index (κ2) is 8.08. The van der Waals surface area contributed by atoms with Gasteiger partial charge in [0, 0.05) is 26.2 Å². The van der Waals surface area contributed by atoms with Gasteiger partial charge in [0.25, 0.3) is 0 Å². The number of methoxy groups -OCH3 is 1. The molecule has 0 heterocycles. The van der Waals surface area contributed by atoms with Crippen molar-refractivity contribution in [2.24, 2.45) is 5.92 Å². The number of carbonyl (C=O) groups excluding carboxylic acids is 1. The zero-order chi connectivity index (χ0) is 13.4. The molecule has 18 heavy (non-hydrogen) atoms. The number of carboxylic acids is 1. The Labute approximate surface area is 108 Å². The topological polar surface area (TPSA) is 75.6 Å². The molecule has 5 heteroatoms. The van der Waals surface area contributed by atoms with Gasteiger partial charge in [0.15, 0.2) is 0 Å². The van der Waals surface area contributed by atoms with E-state index in [4.69, 9.17) is 4.74 Å². The van der Waals surface area contributed by atoms with Crippen LogP contribution in [0.2, 0.25) is 0 Å². The van der Waals surface area contributed by atoms with E-state index in [9.17, 15) is 14.7 Å². The average molecular weight is 257 g/mol. The van der Waals surface area contributed by atoms with E-state index in [2.05, 4.69) is 5.32 Å². The number of aliphatic carboxylic acids is 1. The lowest BCUT2D eigenvalue weighted by atomic mass is 9.94. The Hall–Kier alpha value is -1.10. The van der Waals surface area contributed by atoms with Gasteiger partial charge in [-0.15, -0.1) is 0 Å². The first-order valence-electron chi connectivity index (χ1n) is 6.66. The molecule has 0 aromatic heterocycles. The zero-order valence-electron chi connectivity index (χ0n) is 11.0. The highest BCUT2D eigenvalue weighted by Crippen LogP contribution is 2.23. The van der Waals surface area contributed by atoms with Gasteiger partial charge in [-0.1, -0.05) is 19.3 Å². The molecule has 1 saturated carbocycles. The molecule has 0 spiro atoms. The molecule has 2 N–H and O–H groups in total. The third-order valence-electron chi connectivity index (χ3n) is 3.43. The predicted octanol–water partition coefficient (Wildman–Crippen LogP) is 1.56. The minimum atomic E-state index is -0.793. The molecule has 5 nitrogen and oxygen atoms in total. The standard InChI is InChI=1S/C13H23NO4/c1-18-9-5-8-12(15)14-11-7-4-2-3-6-10(11)13(16)17/h10-11H,2-9H2,1H3,(H,14,15)(H,16,17)/t10-,11+/m1/s1. The van der Waals surface area contributed by atoms with E-state index in [0.29, 0.717) is 25.9 Å². The maximum Gasteiger partial charge on any atom is 0.308 e. The molecular formula is C13H23NO4. The highest BCUT2D eigenvalue weighted by atomic mass is 16.5. The number of nitrogens with one attached hydrogen (secondary N) is 1. The fourth-order valence-electron chi connectivity index (χ4n) is 2.43. The zero-order valence-corrected chi connectivity index (χ0v) is 11.0. The number of ether oxygens (including phenoxy) is 1. The summed E-state index contributed by atoms with van der Waals surface area (Å²) in [5.74, 6) is -1.29. The highest BCUT2D eigenvalue weighted by molar-refractivity contribution is 5.78. The minimum Gasteiger partial charge on any atom is -0.481 e. The smallest absolute Gasteiger partial charge is 0.308 e. The second-order valence-electron chi connectivity index (χ2n) is 4.85. The van der Waals surface area contributed by atoms with Crippen LogP contribution < -0.4 is 5.32 Å². The summed E-state index contributed by atoms with van der Waals surface area (Å²) in [5, 5.41) is 12.1. The minimum absolute atomic E-state index is 0.0646. The lowest BCUT2D eigenvalue weighted by molar-refractivity contribution is -0.143. The number of rotatable bonds is 6. The van der Waals surface area contributed by atoms with Gasteiger partial charge in [-0.3, -0.25) is 9.59 Å². The summed E-state index contributed by atoms with van der Waals surface area (Å²) in [6, 6.07) is -0.208. The van der Waals surface area contributed by atoms with Crippen LogP contribution in [0.15, 0.2) is 0 Å². The van der Waals surface area contributed by atoms with Crippen LogP contribution in [0.25, 0.3) is 0 Å². The third kappa shape index (κ3) is 5.04. The van der Waals surface area contributed by atoms with Gasteiger partial charge in [-0.25, -0.2) is 0 Å². The second-order valence-corrected chi connectivity index (χ2v) is 4.85. The Morgan fingerprint density at radius 3 is 2.67 bits per heavy atom. The van der Waals surface area contributed by atoms with E-state index in [1.54, 1.807) is 7.11 Å². The average Bonchev–Trinajstić information content (AvgIpc) is 2.55. The van der Waals surface area contributed by atoms with Crippen LogP contribution in [-0.4, -0.2) is 36.7 Å². The first-order valence-corrected chi connectivity index (χ1v) is 6.66. The lowest BCUT2D eigenvalue weighted by Gasteiger charge is -2.22. The van der Waals surface area contributed by atoms with Crippen LogP contribution in [0.1, 0.15) is 44.9 Å². The molecule has 0 unspecified atom stereocenters. The Kier molecular flexibility index (Phi) is 6.72. The molecule has 1 aliphatic carbocycles. The van der Waals surface area contributed by atoms with E-state index in [1.807, 2.05) is 0 Å². The first kappa shape index (κ1) is 15.0. The lowest BCUT2D eigenvalue weighted by Crippen LogP contribution is -2.42. The molecule has 104 valence electrons. The molecule has 1 fully saturated rings. The summed E-state index contributed by atoms with van der Waals surface area (Å²) in [5.41, 5.74) is 0. The molecule has 0 aliphatic heterocycles. The van der Waals surface area contributed by atoms with Gasteiger partial charge in [0.2, 0.25) is 5.91 Å². The maximum atomic E-state index is 11.7. The molecule has 0 aromatic carbocycles. The van der Waals surface area contributed by atoms with E-state index >= 15 is 0 Å². The van der Waals surface area contributed by atoms with Gasteiger partial charge in [-0.05, 0) is 19.3 Å². The van der Waals surface area contributed by atoms with Crippen molar-refractivity contribution in [3.8, 4) is 0 Å². The SMILES string of the molecule is COCCCC(=O)N[C@H]1CCCCC[C@H]1C(=O)O. The Morgan fingerprint density at radius 1 is 1.28 bits per heavy atom. The Balaban J connectivity index is 2.44. The molecule has 1 amide bonds. The summed E-state index contributed by atoms with van der Waals surface area (Å²) < 4.78 is 4.89. The number of hydrogen-bond acceptors (Lipinski definition) is 3. The number of carboxylic acid groups (broad SMARTS) is 1. The molecule has 1 aliphatic rings. The van der Waals surface area contributed by atoms with Crippen molar-refractivity contribution in [2.45, 2.75) is 51.0 Å². The van der Waals surface area contributed by atoms with Crippen LogP contribution in [0.4, 0.5) is 0 Å². The van der Waals surface area contributed by atoms with Gasteiger partial charge in [0.1, 0.15) is 0 Å². The number of hydrogen-bond donors (Lipinski definition) is 2. The molecule has 2 atom stereocenters. The van der Waals surface area contributed by atoms with E-state index in [0.717, 1.165) is 25.7 Å². The van der Waals surface area contributed by atoms with Gasteiger partial charge in [0.05, 0.1) is 5.92 Å². The van der Waals surface area contributed by atoms with Gasteiger partial charge in [-0.2, -0.15) is 0 Å². The Morgan fingerprint density at radius 2 is 2.00 bits per heavy atom. The first-order chi connectivity index (χ1) is 8.65. The van der Waals surface area contributed by atoms with Crippen molar-refractivity contribution >= 4 is 11.9 Å². The van der Waals surface area contributed by atoms with Crippen molar-refractivity contribution in [1.82, 2.24) is 5.32 Å². The Bertz CT molecular complexity index is 280. The van der Waals surface area contributed by atoms with E-state index < -0.39 is 11.9 Å². The summed E-state index contributed by atoms with van der Waals surface area (Å²) in [4.78, 5) is 22.9. The fraction of sp³-hybridized carbons (Fsp3) is 0.846. The van der Waals surface area contributed by atoms with Crippen molar-refractivity contribution in [1.29, 1.82) is 0 Å². The quantitative estimate of drug-likeness (QED) is 0.559. The van der Waals surface area contributed by atoms with Crippen molar-refractivity contribution < 1.29 is 19.4 Å². The van der Waals surface area contributed by atoms with Gasteiger partial charge < -0.3 is 15.2 Å². The van der Waals surface area contributed by atoms with E-state index in [1.165, 1.54) is 0 Å².